The Kier molecular flexibility index (Phi) is 7.64. The van der Waals surface area contributed by atoms with Gasteiger partial charge in [0, 0.05) is 17.7 Å². The highest BCUT2D eigenvalue weighted by atomic mass is 35.5. The van der Waals surface area contributed by atoms with Gasteiger partial charge in [-0.15, -0.1) is 0 Å². The summed E-state index contributed by atoms with van der Waals surface area (Å²) in [4.78, 5) is 25.9. The number of carbonyl (C=O) groups excluding carboxylic acids is 2. The zero-order valence-corrected chi connectivity index (χ0v) is 21.9. The average Bonchev–Trinajstić information content (AvgIpc) is 2.82. The lowest BCUT2D eigenvalue weighted by Gasteiger charge is -2.39. The number of hydrogen-bond donors (Lipinski definition) is 2. The number of thioether (sulfide) groups is 1. The van der Waals surface area contributed by atoms with Gasteiger partial charge in [0.1, 0.15) is 5.82 Å². The molecule has 0 saturated carbocycles. The maximum Gasteiger partial charge on any atom is 0.416 e. The molecule has 2 N–H and O–H groups in total. The minimum absolute atomic E-state index is 0.0572. The molecule has 0 saturated heterocycles. The zero-order chi connectivity index (χ0) is 27.8. The molecule has 0 fully saturated rings. The Morgan fingerprint density at radius 3 is 2.53 bits per heavy atom. The van der Waals surface area contributed by atoms with Gasteiger partial charge in [-0.2, -0.15) is 18.4 Å². The van der Waals surface area contributed by atoms with Crippen molar-refractivity contribution in [3.63, 3.8) is 0 Å². The van der Waals surface area contributed by atoms with Gasteiger partial charge in [-0.25, -0.2) is 4.39 Å². The number of carbonyl (C=O) groups is 2. The highest BCUT2D eigenvalue weighted by Gasteiger charge is 2.42. The van der Waals surface area contributed by atoms with Crippen LogP contribution in [0.3, 0.4) is 0 Å². The van der Waals surface area contributed by atoms with Gasteiger partial charge in [0.15, 0.2) is 5.78 Å². The number of ketones is 1. The first kappa shape index (κ1) is 27.7. The van der Waals surface area contributed by atoms with Crippen LogP contribution < -0.4 is 10.6 Å². The molecule has 1 amide bonds. The van der Waals surface area contributed by atoms with Gasteiger partial charge in [-0.05, 0) is 47.7 Å². The number of benzene rings is 2. The van der Waals surface area contributed by atoms with Gasteiger partial charge in [0.25, 0.3) is 0 Å². The fourth-order valence-corrected chi connectivity index (χ4v) is 5.63. The van der Waals surface area contributed by atoms with E-state index in [0.29, 0.717) is 28.3 Å². The van der Waals surface area contributed by atoms with Crippen molar-refractivity contribution in [2.45, 2.75) is 38.8 Å². The summed E-state index contributed by atoms with van der Waals surface area (Å²) in [5, 5.41) is 15.9. The Morgan fingerprint density at radius 2 is 1.89 bits per heavy atom. The lowest BCUT2D eigenvalue weighted by atomic mass is 9.69. The van der Waals surface area contributed by atoms with E-state index in [1.54, 1.807) is 0 Å². The van der Waals surface area contributed by atoms with E-state index >= 15 is 0 Å². The van der Waals surface area contributed by atoms with E-state index in [-0.39, 0.29) is 39.7 Å². The summed E-state index contributed by atoms with van der Waals surface area (Å²) < 4.78 is 52.9. The number of dihydropyridines is 1. The molecule has 5 nitrogen and oxygen atoms in total. The lowest BCUT2D eigenvalue weighted by molar-refractivity contribution is -0.137. The topological polar surface area (TPSA) is 82.0 Å². The van der Waals surface area contributed by atoms with E-state index in [1.807, 2.05) is 13.8 Å². The van der Waals surface area contributed by atoms with E-state index in [0.717, 1.165) is 30.0 Å². The Hall–Kier alpha value is -3.29. The summed E-state index contributed by atoms with van der Waals surface area (Å²) in [6.45, 7) is 3.90. The predicted octanol–water partition coefficient (Wildman–Crippen LogP) is 6.93. The van der Waals surface area contributed by atoms with Gasteiger partial charge in [0.2, 0.25) is 5.91 Å². The van der Waals surface area contributed by atoms with Gasteiger partial charge < -0.3 is 10.6 Å². The third-order valence-electron chi connectivity index (χ3n) is 6.25. The maximum absolute atomic E-state index is 13.6. The smallest absolute Gasteiger partial charge is 0.352 e. The van der Waals surface area contributed by atoms with Crippen LogP contribution in [-0.4, -0.2) is 17.4 Å². The molecule has 2 aliphatic rings. The first-order chi connectivity index (χ1) is 17.8. The van der Waals surface area contributed by atoms with E-state index in [9.17, 15) is 32.4 Å². The van der Waals surface area contributed by atoms with Crippen LogP contribution in [0.2, 0.25) is 5.02 Å². The second-order valence-corrected chi connectivity index (χ2v) is 11.2. The summed E-state index contributed by atoms with van der Waals surface area (Å²) in [6, 6.07) is 10.3. The van der Waals surface area contributed by atoms with E-state index in [4.69, 9.17) is 11.6 Å². The SMILES string of the molecule is CC1(C)CC(=O)C2=C(C1)NC(SCC(=O)Nc1cc(C(F)(F)F)ccc1Cl)=C(C#N)C2c1ccc(F)cc1. The molecule has 0 spiro atoms. The average molecular weight is 564 g/mol. The third-order valence-corrected chi connectivity index (χ3v) is 7.59. The number of nitrogens with zero attached hydrogens (tertiary/aromatic N) is 1. The zero-order valence-electron chi connectivity index (χ0n) is 20.3. The number of allylic oxidation sites excluding steroid dienone is 3. The second-order valence-electron chi connectivity index (χ2n) is 9.83. The Labute approximate surface area is 225 Å². The minimum atomic E-state index is -4.61. The van der Waals surface area contributed by atoms with Crippen molar-refractivity contribution in [3.05, 3.63) is 86.3 Å². The van der Waals surface area contributed by atoms with Crippen LogP contribution in [0, 0.1) is 22.6 Å². The molecule has 2 aromatic carbocycles. The number of halogens is 5. The lowest BCUT2D eigenvalue weighted by Crippen LogP contribution is -2.37. The van der Waals surface area contributed by atoms with Crippen LogP contribution in [0.1, 0.15) is 43.7 Å². The monoisotopic (exact) mass is 563 g/mol. The van der Waals surface area contributed by atoms with Gasteiger partial charge >= 0.3 is 6.18 Å². The van der Waals surface area contributed by atoms with Crippen molar-refractivity contribution < 1.29 is 27.2 Å². The fraction of sp³-hybridized carbons (Fsp3) is 0.296. The van der Waals surface area contributed by atoms with Crippen LogP contribution in [0.25, 0.3) is 0 Å². The summed E-state index contributed by atoms with van der Waals surface area (Å²) in [5.41, 5.74) is 0.335. The molecule has 4 rings (SSSR count). The Bertz CT molecular complexity index is 1410. The maximum atomic E-state index is 13.6. The standard InChI is InChI=1S/C27H22ClF4N3O2S/c1-26(2)10-20-24(21(36)11-26)23(14-3-6-16(29)7-4-14)17(12-33)25(35-20)38-13-22(37)34-19-9-15(27(30,31)32)5-8-18(19)28/h3-9,23,35H,10-11,13H2,1-2H3,(H,34,37). The van der Waals surface area contributed by atoms with Gasteiger partial charge in [-0.1, -0.05) is 49.3 Å². The normalized spacial score (nSPS) is 19.0. The number of hydrogen-bond acceptors (Lipinski definition) is 5. The Balaban J connectivity index is 1.63. The van der Waals surface area contributed by atoms with Crippen LogP contribution in [0.5, 0.6) is 0 Å². The van der Waals surface area contributed by atoms with Crippen LogP contribution in [0.15, 0.2) is 64.3 Å². The third kappa shape index (κ3) is 5.89. The van der Waals surface area contributed by atoms with Crippen molar-refractivity contribution in [2.75, 3.05) is 11.1 Å². The van der Waals surface area contributed by atoms with Crippen LogP contribution in [0.4, 0.5) is 23.2 Å². The van der Waals surface area contributed by atoms with Crippen molar-refractivity contribution in [2.24, 2.45) is 5.41 Å². The van der Waals surface area contributed by atoms with E-state index < -0.39 is 29.4 Å². The fourth-order valence-electron chi connectivity index (χ4n) is 4.60. The first-order valence-corrected chi connectivity index (χ1v) is 12.9. The first-order valence-electron chi connectivity index (χ1n) is 11.5. The molecule has 1 atom stereocenters. The molecule has 1 aliphatic carbocycles. The molecule has 38 heavy (non-hydrogen) atoms. The van der Waals surface area contributed by atoms with Gasteiger partial charge in [-0.3, -0.25) is 9.59 Å². The minimum Gasteiger partial charge on any atom is -0.352 e. The molecule has 1 aliphatic heterocycles. The molecular formula is C27H22ClF4N3O2S. The predicted molar refractivity (Wildman–Crippen MR) is 138 cm³/mol. The number of nitriles is 1. The summed E-state index contributed by atoms with van der Waals surface area (Å²) in [7, 11) is 0. The molecule has 198 valence electrons. The van der Waals surface area contributed by atoms with E-state index in [2.05, 4.69) is 16.7 Å². The molecular weight excluding hydrogens is 542 g/mol. The largest absolute Gasteiger partial charge is 0.416 e. The molecule has 0 bridgehead atoms. The second kappa shape index (κ2) is 10.5. The Morgan fingerprint density at radius 1 is 1.21 bits per heavy atom. The van der Waals surface area contributed by atoms with Crippen molar-refractivity contribution in [1.29, 1.82) is 5.26 Å². The van der Waals surface area contributed by atoms with Crippen molar-refractivity contribution in [1.82, 2.24) is 5.32 Å². The molecule has 11 heteroatoms. The summed E-state index contributed by atoms with van der Waals surface area (Å²) >= 11 is 6.96. The van der Waals surface area contributed by atoms with Crippen molar-refractivity contribution >= 4 is 40.7 Å². The number of alkyl halides is 3. The number of rotatable bonds is 5. The molecule has 0 aromatic heterocycles. The number of Topliss-reactive ketones (excluding diaryl/α,β-unsaturated/α-hetero) is 1. The molecule has 1 unspecified atom stereocenters. The van der Waals surface area contributed by atoms with Crippen molar-refractivity contribution in [3.8, 4) is 6.07 Å². The number of amides is 1. The highest BCUT2D eigenvalue weighted by molar-refractivity contribution is 8.03. The molecule has 1 heterocycles. The van der Waals surface area contributed by atoms with Crippen LogP contribution in [-0.2, 0) is 15.8 Å². The van der Waals surface area contributed by atoms with E-state index in [1.165, 1.54) is 24.3 Å². The molecule has 2 aromatic rings. The highest BCUT2D eigenvalue weighted by Crippen LogP contribution is 2.48. The summed E-state index contributed by atoms with van der Waals surface area (Å²) in [5.74, 6) is -2.22. The summed E-state index contributed by atoms with van der Waals surface area (Å²) in [6.07, 6.45) is -3.81. The van der Waals surface area contributed by atoms with Gasteiger partial charge in [0.05, 0.1) is 44.6 Å². The number of nitrogens with one attached hydrogen (secondary N) is 2. The quantitative estimate of drug-likeness (QED) is 0.385. The number of anilines is 1. The molecule has 0 radical (unpaired) electrons. The van der Waals surface area contributed by atoms with Crippen LogP contribution >= 0.6 is 23.4 Å².